The number of carbonyl (C=O) groups excluding carboxylic acids is 2. The van der Waals surface area contributed by atoms with Crippen molar-refractivity contribution in [2.75, 3.05) is 25.6 Å². The first kappa shape index (κ1) is 20.6. The maximum Gasteiger partial charge on any atom is 0.278 e. The molecule has 1 heterocycles. The summed E-state index contributed by atoms with van der Waals surface area (Å²) in [7, 11) is 1.60. The molecule has 0 fully saturated rings. The Balaban J connectivity index is 1.86. The van der Waals surface area contributed by atoms with Crippen LogP contribution >= 0.6 is 0 Å². The third-order valence-electron chi connectivity index (χ3n) is 4.57. The normalized spacial score (nSPS) is 14.1. The number of hydrogen-bond acceptors (Lipinski definition) is 5. The van der Waals surface area contributed by atoms with E-state index in [-0.39, 0.29) is 23.6 Å². The Morgan fingerprint density at radius 3 is 2.28 bits per heavy atom. The summed E-state index contributed by atoms with van der Waals surface area (Å²) in [5.41, 5.74) is 2.09. The van der Waals surface area contributed by atoms with E-state index in [0.29, 0.717) is 42.1 Å². The zero-order valence-corrected chi connectivity index (χ0v) is 17.0. The van der Waals surface area contributed by atoms with Crippen molar-refractivity contribution in [2.24, 2.45) is 0 Å². The SMILES string of the molecule is COc1ccc(NC2=C(c3ccccc3)C(=O)N(CCCOC(C)C)C2=O)cc1. The van der Waals surface area contributed by atoms with Crippen LogP contribution in [0.25, 0.3) is 5.57 Å². The topological polar surface area (TPSA) is 67.9 Å². The van der Waals surface area contributed by atoms with E-state index in [0.717, 1.165) is 0 Å². The molecule has 0 radical (unpaired) electrons. The average molecular weight is 394 g/mol. The van der Waals surface area contributed by atoms with Gasteiger partial charge in [-0.3, -0.25) is 14.5 Å². The standard InChI is InChI=1S/C23H26N2O4/c1-16(2)29-15-7-14-25-22(26)20(17-8-5-4-6-9-17)21(23(25)27)24-18-10-12-19(28-3)13-11-18/h4-6,8-13,16,24H,7,14-15H2,1-3H3. The van der Waals surface area contributed by atoms with Gasteiger partial charge in [-0.05, 0) is 50.1 Å². The molecule has 0 spiro atoms. The molecule has 0 unspecified atom stereocenters. The zero-order valence-electron chi connectivity index (χ0n) is 17.0. The molecule has 0 atom stereocenters. The molecule has 0 saturated carbocycles. The van der Waals surface area contributed by atoms with Crippen molar-refractivity contribution < 1.29 is 19.1 Å². The van der Waals surface area contributed by atoms with Crippen LogP contribution < -0.4 is 10.1 Å². The van der Waals surface area contributed by atoms with Gasteiger partial charge in [0.1, 0.15) is 11.4 Å². The van der Waals surface area contributed by atoms with Crippen LogP contribution in [0.1, 0.15) is 25.8 Å². The number of hydrogen-bond donors (Lipinski definition) is 1. The van der Waals surface area contributed by atoms with E-state index < -0.39 is 0 Å². The van der Waals surface area contributed by atoms with Crippen molar-refractivity contribution in [2.45, 2.75) is 26.4 Å². The minimum Gasteiger partial charge on any atom is -0.497 e. The van der Waals surface area contributed by atoms with Gasteiger partial charge in [0.05, 0.1) is 18.8 Å². The lowest BCUT2D eigenvalue weighted by atomic mass is 10.0. The van der Waals surface area contributed by atoms with E-state index in [1.165, 1.54) is 4.90 Å². The zero-order chi connectivity index (χ0) is 20.8. The second-order valence-electron chi connectivity index (χ2n) is 7.00. The number of carbonyl (C=O) groups is 2. The first-order chi connectivity index (χ1) is 14.0. The lowest BCUT2D eigenvalue weighted by molar-refractivity contribution is -0.137. The Bertz CT molecular complexity index is 889. The Hall–Kier alpha value is -3.12. The van der Waals surface area contributed by atoms with E-state index in [1.54, 1.807) is 19.2 Å². The molecule has 2 amide bonds. The van der Waals surface area contributed by atoms with E-state index >= 15 is 0 Å². The van der Waals surface area contributed by atoms with Crippen LogP contribution in [-0.4, -0.2) is 43.1 Å². The van der Waals surface area contributed by atoms with Crippen LogP contribution in [-0.2, 0) is 14.3 Å². The molecule has 1 N–H and O–H groups in total. The van der Waals surface area contributed by atoms with Gasteiger partial charge in [-0.1, -0.05) is 30.3 Å². The summed E-state index contributed by atoms with van der Waals surface area (Å²) in [5, 5.41) is 3.14. The van der Waals surface area contributed by atoms with Crippen molar-refractivity contribution in [3.8, 4) is 5.75 Å². The maximum atomic E-state index is 13.1. The Kier molecular flexibility index (Phi) is 6.67. The quantitative estimate of drug-likeness (QED) is 0.519. The van der Waals surface area contributed by atoms with Crippen molar-refractivity contribution >= 4 is 23.1 Å². The molecule has 152 valence electrons. The largest absolute Gasteiger partial charge is 0.497 e. The molecule has 1 aliphatic rings. The van der Waals surface area contributed by atoms with Crippen molar-refractivity contribution in [1.29, 1.82) is 0 Å². The van der Waals surface area contributed by atoms with Gasteiger partial charge < -0.3 is 14.8 Å². The summed E-state index contributed by atoms with van der Waals surface area (Å²) >= 11 is 0. The van der Waals surface area contributed by atoms with E-state index in [1.807, 2.05) is 56.3 Å². The van der Waals surface area contributed by atoms with Gasteiger partial charge in [0, 0.05) is 18.8 Å². The van der Waals surface area contributed by atoms with Gasteiger partial charge in [-0.15, -0.1) is 0 Å². The lowest BCUT2D eigenvalue weighted by Crippen LogP contribution is -2.34. The molecule has 29 heavy (non-hydrogen) atoms. The fraction of sp³-hybridized carbons (Fsp3) is 0.304. The van der Waals surface area contributed by atoms with Gasteiger partial charge in [-0.25, -0.2) is 0 Å². The minimum atomic E-state index is -0.325. The van der Waals surface area contributed by atoms with Gasteiger partial charge in [0.25, 0.3) is 11.8 Å². The number of ether oxygens (including phenoxy) is 2. The van der Waals surface area contributed by atoms with E-state index in [9.17, 15) is 9.59 Å². The van der Waals surface area contributed by atoms with Crippen LogP contribution in [0, 0.1) is 0 Å². The molecule has 1 aliphatic heterocycles. The predicted octanol–water partition coefficient (Wildman–Crippen LogP) is 3.70. The summed E-state index contributed by atoms with van der Waals surface area (Å²) in [6, 6.07) is 16.5. The molecular weight excluding hydrogens is 368 g/mol. The summed E-state index contributed by atoms with van der Waals surface area (Å²) in [6.45, 7) is 4.72. The molecule has 3 rings (SSSR count). The lowest BCUT2D eigenvalue weighted by Gasteiger charge is -2.16. The number of nitrogens with zero attached hydrogens (tertiary/aromatic N) is 1. The molecule has 6 heteroatoms. The van der Waals surface area contributed by atoms with Gasteiger partial charge in [0.2, 0.25) is 0 Å². The van der Waals surface area contributed by atoms with Crippen LogP contribution in [0.4, 0.5) is 5.69 Å². The molecule has 6 nitrogen and oxygen atoms in total. The average Bonchev–Trinajstić information content (AvgIpc) is 2.96. The monoisotopic (exact) mass is 394 g/mol. The first-order valence-electron chi connectivity index (χ1n) is 9.70. The summed E-state index contributed by atoms with van der Waals surface area (Å²) in [6.07, 6.45) is 0.707. The number of benzene rings is 2. The van der Waals surface area contributed by atoms with Crippen LogP contribution in [0.15, 0.2) is 60.3 Å². The fourth-order valence-electron chi connectivity index (χ4n) is 3.13. The van der Waals surface area contributed by atoms with E-state index in [2.05, 4.69) is 5.32 Å². The number of rotatable bonds is 9. The van der Waals surface area contributed by atoms with Crippen molar-refractivity contribution in [1.82, 2.24) is 4.90 Å². The van der Waals surface area contributed by atoms with Crippen LogP contribution in [0.5, 0.6) is 5.75 Å². The number of anilines is 1. The third-order valence-corrected chi connectivity index (χ3v) is 4.57. The second kappa shape index (κ2) is 9.39. The number of imide groups is 1. The second-order valence-corrected chi connectivity index (χ2v) is 7.00. The number of nitrogens with one attached hydrogen (secondary N) is 1. The highest BCUT2D eigenvalue weighted by atomic mass is 16.5. The molecule has 0 aromatic heterocycles. The van der Waals surface area contributed by atoms with Crippen molar-refractivity contribution in [3.05, 3.63) is 65.9 Å². The number of methoxy groups -OCH3 is 1. The van der Waals surface area contributed by atoms with Crippen molar-refractivity contribution in [3.63, 3.8) is 0 Å². The van der Waals surface area contributed by atoms with E-state index in [4.69, 9.17) is 9.47 Å². The molecule has 0 aliphatic carbocycles. The van der Waals surface area contributed by atoms with Gasteiger partial charge in [-0.2, -0.15) is 0 Å². The van der Waals surface area contributed by atoms with Gasteiger partial charge >= 0.3 is 0 Å². The molecule has 2 aromatic carbocycles. The Morgan fingerprint density at radius 1 is 0.966 bits per heavy atom. The first-order valence-corrected chi connectivity index (χ1v) is 9.70. The molecule has 0 bridgehead atoms. The Labute approximate surface area is 171 Å². The van der Waals surface area contributed by atoms with Crippen LogP contribution in [0.2, 0.25) is 0 Å². The smallest absolute Gasteiger partial charge is 0.278 e. The highest BCUT2D eigenvalue weighted by molar-refractivity contribution is 6.36. The predicted molar refractivity (Wildman–Crippen MR) is 112 cm³/mol. The Morgan fingerprint density at radius 2 is 1.66 bits per heavy atom. The summed E-state index contributed by atoms with van der Waals surface area (Å²) in [5.74, 6) is 0.101. The number of amides is 2. The highest BCUT2D eigenvalue weighted by Gasteiger charge is 2.38. The molecule has 0 saturated heterocycles. The summed E-state index contributed by atoms with van der Waals surface area (Å²) in [4.78, 5) is 27.5. The third kappa shape index (κ3) is 4.84. The van der Waals surface area contributed by atoms with Crippen LogP contribution in [0.3, 0.4) is 0 Å². The summed E-state index contributed by atoms with van der Waals surface area (Å²) < 4.78 is 10.7. The minimum absolute atomic E-state index is 0.116. The molecular formula is C23H26N2O4. The maximum absolute atomic E-state index is 13.1. The fourth-order valence-corrected chi connectivity index (χ4v) is 3.13. The molecule has 2 aromatic rings. The highest BCUT2D eigenvalue weighted by Crippen LogP contribution is 2.30. The van der Waals surface area contributed by atoms with Gasteiger partial charge in [0.15, 0.2) is 0 Å².